The van der Waals surface area contributed by atoms with Gasteiger partial charge in [-0.3, -0.25) is 4.79 Å². The minimum Gasteiger partial charge on any atom is -0.490 e. The van der Waals surface area contributed by atoms with Crippen molar-refractivity contribution >= 4 is 11.9 Å². The third-order valence-corrected chi connectivity index (χ3v) is 3.58. The van der Waals surface area contributed by atoms with E-state index in [9.17, 15) is 14.7 Å². The van der Waals surface area contributed by atoms with Gasteiger partial charge in [-0.15, -0.1) is 0 Å². The van der Waals surface area contributed by atoms with Gasteiger partial charge in [0.15, 0.2) is 11.5 Å². The van der Waals surface area contributed by atoms with Crippen LogP contribution in [0.25, 0.3) is 0 Å². The summed E-state index contributed by atoms with van der Waals surface area (Å²) in [4.78, 5) is 23.5. The van der Waals surface area contributed by atoms with E-state index in [0.717, 1.165) is 6.42 Å². The number of fused-ring (bicyclic) bond motifs is 1. The maximum Gasteiger partial charge on any atom is 0.329 e. The number of nitrogens with one attached hydrogen (secondary N) is 1. The first-order valence-corrected chi connectivity index (χ1v) is 6.92. The van der Waals surface area contributed by atoms with Crippen molar-refractivity contribution in [1.29, 1.82) is 0 Å². The Morgan fingerprint density at radius 2 is 1.95 bits per heavy atom. The van der Waals surface area contributed by atoms with E-state index in [-0.39, 0.29) is 0 Å². The van der Waals surface area contributed by atoms with Gasteiger partial charge in [-0.05, 0) is 31.5 Å². The van der Waals surface area contributed by atoms with Gasteiger partial charge < -0.3 is 19.9 Å². The van der Waals surface area contributed by atoms with E-state index in [4.69, 9.17) is 9.47 Å². The molecule has 0 radical (unpaired) electrons. The number of carbonyl (C=O) groups is 2. The van der Waals surface area contributed by atoms with Crippen LogP contribution in [-0.4, -0.2) is 35.7 Å². The summed E-state index contributed by atoms with van der Waals surface area (Å²) in [5.74, 6) is -0.403. The molecule has 0 aromatic heterocycles. The highest BCUT2D eigenvalue weighted by molar-refractivity contribution is 5.98. The monoisotopic (exact) mass is 293 g/mol. The van der Waals surface area contributed by atoms with Crippen molar-refractivity contribution in [2.45, 2.75) is 32.2 Å². The molecule has 6 heteroatoms. The zero-order chi connectivity index (χ0) is 15.5. The largest absolute Gasteiger partial charge is 0.490 e. The van der Waals surface area contributed by atoms with Crippen LogP contribution in [-0.2, 0) is 4.79 Å². The SMILES string of the molecule is CCC(C)(NC(=O)c1ccc2c(c1)OCCCO2)C(=O)O. The first-order valence-electron chi connectivity index (χ1n) is 6.92. The third-order valence-electron chi connectivity index (χ3n) is 3.58. The molecule has 0 saturated heterocycles. The van der Waals surface area contributed by atoms with Gasteiger partial charge in [-0.2, -0.15) is 0 Å². The number of carbonyl (C=O) groups excluding carboxylic acids is 1. The van der Waals surface area contributed by atoms with E-state index < -0.39 is 17.4 Å². The zero-order valence-electron chi connectivity index (χ0n) is 12.1. The van der Waals surface area contributed by atoms with Crippen LogP contribution in [0.1, 0.15) is 37.0 Å². The standard InChI is InChI=1S/C15H19NO5/c1-3-15(2,14(18)19)16-13(17)10-5-6-11-12(9-10)21-8-4-7-20-11/h5-6,9H,3-4,7-8H2,1-2H3,(H,16,17)(H,18,19). The fourth-order valence-electron chi connectivity index (χ4n) is 1.92. The van der Waals surface area contributed by atoms with E-state index in [1.165, 1.54) is 6.92 Å². The number of carboxylic acids is 1. The molecule has 21 heavy (non-hydrogen) atoms. The van der Waals surface area contributed by atoms with Gasteiger partial charge in [0.25, 0.3) is 5.91 Å². The number of hydrogen-bond acceptors (Lipinski definition) is 4. The number of aliphatic carboxylic acids is 1. The Morgan fingerprint density at radius 3 is 2.57 bits per heavy atom. The number of ether oxygens (including phenoxy) is 2. The summed E-state index contributed by atoms with van der Waals surface area (Å²) in [5.41, 5.74) is -0.943. The second-order valence-electron chi connectivity index (χ2n) is 5.16. The van der Waals surface area contributed by atoms with Gasteiger partial charge in [-0.1, -0.05) is 6.92 Å². The molecule has 114 valence electrons. The van der Waals surface area contributed by atoms with Crippen molar-refractivity contribution in [3.63, 3.8) is 0 Å². The van der Waals surface area contributed by atoms with Crippen LogP contribution >= 0.6 is 0 Å². The predicted molar refractivity (Wildman–Crippen MR) is 75.8 cm³/mol. The highest BCUT2D eigenvalue weighted by Gasteiger charge is 2.33. The molecule has 1 heterocycles. The lowest BCUT2D eigenvalue weighted by Crippen LogP contribution is -2.51. The topological polar surface area (TPSA) is 84.9 Å². The molecule has 0 saturated carbocycles. The molecule has 0 fully saturated rings. The fourth-order valence-corrected chi connectivity index (χ4v) is 1.92. The third kappa shape index (κ3) is 3.26. The summed E-state index contributed by atoms with van der Waals surface area (Å²) in [5, 5.41) is 11.7. The Hall–Kier alpha value is -2.24. The first-order chi connectivity index (χ1) is 9.96. The minimum absolute atomic E-state index is 0.290. The summed E-state index contributed by atoms with van der Waals surface area (Å²) in [6.07, 6.45) is 1.07. The number of benzene rings is 1. The average molecular weight is 293 g/mol. The molecule has 1 aliphatic heterocycles. The van der Waals surface area contributed by atoms with E-state index >= 15 is 0 Å². The second-order valence-corrected chi connectivity index (χ2v) is 5.16. The summed E-state index contributed by atoms with van der Waals surface area (Å²) < 4.78 is 11.0. The van der Waals surface area contributed by atoms with Gasteiger partial charge in [0.1, 0.15) is 5.54 Å². The van der Waals surface area contributed by atoms with Crippen molar-refractivity contribution in [3.05, 3.63) is 23.8 Å². The van der Waals surface area contributed by atoms with Gasteiger partial charge in [0, 0.05) is 12.0 Å². The summed E-state index contributed by atoms with van der Waals surface area (Å²) >= 11 is 0. The second kappa shape index (κ2) is 6.03. The van der Waals surface area contributed by atoms with Gasteiger partial charge >= 0.3 is 5.97 Å². The van der Waals surface area contributed by atoms with E-state index in [0.29, 0.717) is 36.7 Å². The average Bonchev–Trinajstić information content (AvgIpc) is 2.71. The molecule has 1 atom stereocenters. The van der Waals surface area contributed by atoms with Gasteiger partial charge in [0.2, 0.25) is 0 Å². The van der Waals surface area contributed by atoms with Crippen molar-refractivity contribution in [3.8, 4) is 11.5 Å². The van der Waals surface area contributed by atoms with Crippen molar-refractivity contribution < 1.29 is 24.2 Å². The maximum absolute atomic E-state index is 12.2. The summed E-state index contributed by atoms with van der Waals surface area (Å²) in [6.45, 7) is 4.30. The maximum atomic E-state index is 12.2. The predicted octanol–water partition coefficient (Wildman–Crippen LogP) is 1.83. The molecule has 1 aromatic carbocycles. The number of hydrogen-bond donors (Lipinski definition) is 2. The Morgan fingerprint density at radius 1 is 1.29 bits per heavy atom. The van der Waals surface area contributed by atoms with Crippen LogP contribution in [0.15, 0.2) is 18.2 Å². The van der Waals surface area contributed by atoms with Crippen LogP contribution < -0.4 is 14.8 Å². The quantitative estimate of drug-likeness (QED) is 0.884. The van der Waals surface area contributed by atoms with Crippen molar-refractivity contribution in [2.24, 2.45) is 0 Å². The van der Waals surface area contributed by atoms with Crippen LogP contribution in [0.2, 0.25) is 0 Å². The van der Waals surface area contributed by atoms with Crippen LogP contribution in [0.3, 0.4) is 0 Å². The Kier molecular flexibility index (Phi) is 4.35. The molecule has 0 aliphatic carbocycles. The lowest BCUT2D eigenvalue weighted by atomic mass is 9.98. The normalized spacial score (nSPS) is 16.5. The zero-order valence-corrected chi connectivity index (χ0v) is 12.1. The lowest BCUT2D eigenvalue weighted by molar-refractivity contribution is -0.143. The molecular weight excluding hydrogens is 274 g/mol. The van der Waals surface area contributed by atoms with E-state index in [1.807, 2.05) is 0 Å². The molecule has 2 N–H and O–H groups in total. The number of amides is 1. The van der Waals surface area contributed by atoms with E-state index in [2.05, 4.69) is 5.32 Å². The molecular formula is C15H19NO5. The number of rotatable bonds is 4. The van der Waals surface area contributed by atoms with Crippen LogP contribution in [0.4, 0.5) is 0 Å². The molecule has 1 amide bonds. The molecule has 0 spiro atoms. The fraction of sp³-hybridized carbons (Fsp3) is 0.467. The Balaban J connectivity index is 2.20. The molecule has 1 unspecified atom stereocenters. The lowest BCUT2D eigenvalue weighted by Gasteiger charge is -2.24. The highest BCUT2D eigenvalue weighted by atomic mass is 16.5. The van der Waals surface area contributed by atoms with Crippen molar-refractivity contribution in [1.82, 2.24) is 5.32 Å². The van der Waals surface area contributed by atoms with Crippen LogP contribution in [0.5, 0.6) is 11.5 Å². The van der Waals surface area contributed by atoms with E-state index in [1.54, 1.807) is 25.1 Å². The summed E-state index contributed by atoms with van der Waals surface area (Å²) in [6, 6.07) is 4.84. The van der Waals surface area contributed by atoms with Crippen LogP contribution in [0, 0.1) is 0 Å². The molecule has 1 aliphatic rings. The van der Waals surface area contributed by atoms with Gasteiger partial charge in [-0.25, -0.2) is 4.79 Å². The molecule has 0 bridgehead atoms. The number of carboxylic acid groups (broad SMARTS) is 1. The Bertz CT molecular complexity index is 557. The Labute approximate surface area is 123 Å². The minimum atomic E-state index is -1.29. The van der Waals surface area contributed by atoms with Gasteiger partial charge in [0.05, 0.1) is 13.2 Å². The highest BCUT2D eigenvalue weighted by Crippen LogP contribution is 2.30. The molecule has 1 aromatic rings. The van der Waals surface area contributed by atoms with Crippen molar-refractivity contribution in [2.75, 3.05) is 13.2 Å². The molecule has 6 nitrogen and oxygen atoms in total. The molecule has 2 rings (SSSR count). The summed E-state index contributed by atoms with van der Waals surface area (Å²) in [7, 11) is 0. The first kappa shape index (κ1) is 15.2. The smallest absolute Gasteiger partial charge is 0.329 e.